The number of rotatable bonds is 2. The number of aromatic nitrogens is 1. The molecule has 5 nitrogen and oxygen atoms in total. The Kier molecular flexibility index (Phi) is 5.19. The van der Waals surface area contributed by atoms with Crippen LogP contribution in [-0.2, 0) is 15.7 Å². The number of carbonyl (C=O) groups is 1. The summed E-state index contributed by atoms with van der Waals surface area (Å²) in [4.78, 5) is 19.7. The van der Waals surface area contributed by atoms with E-state index in [4.69, 9.17) is 4.74 Å². The Morgan fingerprint density at radius 3 is 2.71 bits per heavy atom. The number of alkyl halides is 3. The van der Waals surface area contributed by atoms with Gasteiger partial charge in [-0.05, 0) is 12.1 Å². The van der Waals surface area contributed by atoms with Crippen LogP contribution in [0.2, 0.25) is 0 Å². The van der Waals surface area contributed by atoms with Crippen molar-refractivity contribution in [3.8, 4) is 0 Å². The molecule has 0 aromatic carbocycles. The lowest BCUT2D eigenvalue weighted by molar-refractivity contribution is -0.144. The van der Waals surface area contributed by atoms with Gasteiger partial charge in [-0.1, -0.05) is 6.07 Å². The van der Waals surface area contributed by atoms with Crippen LogP contribution >= 0.6 is 11.8 Å². The molecule has 1 aromatic heterocycles. The van der Waals surface area contributed by atoms with Crippen molar-refractivity contribution in [2.24, 2.45) is 0 Å². The maximum Gasteiger partial charge on any atom is 0.433 e. The van der Waals surface area contributed by atoms with Crippen LogP contribution < -0.4 is 4.90 Å². The SMILES string of the molecule is O=C(C1CN(c2cccc(C(F)(F)F)n2)CCO1)N1CCSCC1. The quantitative estimate of drug-likeness (QED) is 0.805. The summed E-state index contributed by atoms with van der Waals surface area (Å²) in [5.74, 6) is 1.93. The number of pyridine rings is 1. The predicted octanol–water partition coefficient (Wildman–Crippen LogP) is 1.88. The largest absolute Gasteiger partial charge is 0.433 e. The van der Waals surface area contributed by atoms with E-state index in [0.29, 0.717) is 19.6 Å². The van der Waals surface area contributed by atoms with Gasteiger partial charge in [0, 0.05) is 31.1 Å². The van der Waals surface area contributed by atoms with Crippen LogP contribution in [0.1, 0.15) is 5.69 Å². The van der Waals surface area contributed by atoms with Crippen molar-refractivity contribution < 1.29 is 22.7 Å². The Labute approximate surface area is 142 Å². The third-order valence-corrected chi connectivity index (χ3v) is 4.96. The molecule has 132 valence electrons. The zero-order chi connectivity index (χ0) is 17.2. The second-order valence-electron chi connectivity index (χ2n) is 5.62. The Morgan fingerprint density at radius 2 is 2.00 bits per heavy atom. The highest BCUT2D eigenvalue weighted by molar-refractivity contribution is 7.99. The van der Waals surface area contributed by atoms with Crippen LogP contribution in [0, 0.1) is 0 Å². The standard InChI is InChI=1S/C15H18F3N3O2S/c16-15(17,18)12-2-1-3-13(19-12)21-4-7-23-11(10-21)14(22)20-5-8-24-9-6-20/h1-3,11H,4-10H2. The lowest BCUT2D eigenvalue weighted by Crippen LogP contribution is -2.52. The van der Waals surface area contributed by atoms with Crippen LogP contribution in [0.3, 0.4) is 0 Å². The molecule has 0 radical (unpaired) electrons. The van der Waals surface area contributed by atoms with Gasteiger partial charge in [-0.3, -0.25) is 4.79 Å². The highest BCUT2D eigenvalue weighted by atomic mass is 32.2. The Balaban J connectivity index is 1.70. The smallest absolute Gasteiger partial charge is 0.365 e. The highest BCUT2D eigenvalue weighted by Gasteiger charge is 2.34. The summed E-state index contributed by atoms with van der Waals surface area (Å²) < 4.78 is 44.0. The lowest BCUT2D eigenvalue weighted by Gasteiger charge is -2.36. The Hall–Kier alpha value is -1.48. The molecule has 3 heterocycles. The fourth-order valence-corrected chi connectivity index (χ4v) is 3.65. The van der Waals surface area contributed by atoms with Gasteiger partial charge >= 0.3 is 6.18 Å². The average molecular weight is 361 g/mol. The third kappa shape index (κ3) is 3.94. The zero-order valence-electron chi connectivity index (χ0n) is 13.0. The second kappa shape index (κ2) is 7.18. The van der Waals surface area contributed by atoms with Gasteiger partial charge in [-0.2, -0.15) is 24.9 Å². The van der Waals surface area contributed by atoms with Crippen LogP contribution in [0.5, 0.6) is 0 Å². The van der Waals surface area contributed by atoms with Gasteiger partial charge in [-0.15, -0.1) is 0 Å². The topological polar surface area (TPSA) is 45.7 Å². The Bertz CT molecular complexity index is 594. The average Bonchev–Trinajstić information content (AvgIpc) is 2.61. The minimum atomic E-state index is -4.48. The van der Waals surface area contributed by atoms with E-state index in [2.05, 4.69) is 4.98 Å². The highest BCUT2D eigenvalue weighted by Crippen LogP contribution is 2.29. The number of hydrogen-bond acceptors (Lipinski definition) is 5. The van der Waals surface area contributed by atoms with Gasteiger partial charge in [-0.25, -0.2) is 4.98 Å². The molecular formula is C15H18F3N3O2S. The van der Waals surface area contributed by atoms with E-state index < -0.39 is 18.0 Å². The fraction of sp³-hybridized carbons (Fsp3) is 0.600. The molecule has 2 saturated heterocycles. The maximum atomic E-state index is 12.8. The molecule has 24 heavy (non-hydrogen) atoms. The maximum absolute atomic E-state index is 12.8. The number of halogens is 3. The first-order valence-corrected chi connectivity index (χ1v) is 8.88. The van der Waals surface area contributed by atoms with Crippen molar-refractivity contribution in [3.05, 3.63) is 23.9 Å². The fourth-order valence-electron chi connectivity index (χ4n) is 2.75. The second-order valence-corrected chi connectivity index (χ2v) is 6.85. The van der Waals surface area contributed by atoms with E-state index >= 15 is 0 Å². The van der Waals surface area contributed by atoms with Gasteiger partial charge in [0.1, 0.15) is 11.5 Å². The molecule has 3 rings (SSSR count). The summed E-state index contributed by atoms with van der Waals surface area (Å²) in [7, 11) is 0. The van der Waals surface area contributed by atoms with Crippen molar-refractivity contribution >= 4 is 23.5 Å². The number of ether oxygens (including phenoxy) is 1. The van der Waals surface area contributed by atoms with Crippen molar-refractivity contribution in [3.63, 3.8) is 0 Å². The molecule has 1 atom stereocenters. The molecular weight excluding hydrogens is 343 g/mol. The van der Waals surface area contributed by atoms with E-state index in [0.717, 1.165) is 17.6 Å². The molecule has 2 fully saturated rings. The number of anilines is 1. The third-order valence-electron chi connectivity index (χ3n) is 4.01. The summed E-state index contributed by atoms with van der Waals surface area (Å²) >= 11 is 1.80. The first-order chi connectivity index (χ1) is 11.4. The molecule has 2 aliphatic rings. The minimum absolute atomic E-state index is 0.0908. The van der Waals surface area contributed by atoms with Crippen LogP contribution in [0.15, 0.2) is 18.2 Å². The summed E-state index contributed by atoms with van der Waals surface area (Å²) in [6, 6.07) is 3.80. The molecule has 1 aromatic rings. The Morgan fingerprint density at radius 1 is 1.25 bits per heavy atom. The number of amides is 1. The van der Waals surface area contributed by atoms with E-state index in [1.54, 1.807) is 21.6 Å². The molecule has 1 unspecified atom stereocenters. The van der Waals surface area contributed by atoms with Crippen molar-refractivity contribution in [1.82, 2.24) is 9.88 Å². The summed E-state index contributed by atoms with van der Waals surface area (Å²) in [6.45, 7) is 2.29. The lowest BCUT2D eigenvalue weighted by atomic mass is 10.2. The number of hydrogen-bond donors (Lipinski definition) is 0. The molecule has 0 saturated carbocycles. The van der Waals surface area contributed by atoms with Gasteiger partial charge in [0.25, 0.3) is 5.91 Å². The van der Waals surface area contributed by atoms with Crippen LogP contribution in [0.25, 0.3) is 0 Å². The molecule has 0 aliphatic carbocycles. The first kappa shape index (κ1) is 17.3. The number of nitrogens with zero attached hydrogens (tertiary/aromatic N) is 3. The van der Waals surface area contributed by atoms with Gasteiger partial charge in [0.15, 0.2) is 6.10 Å². The zero-order valence-corrected chi connectivity index (χ0v) is 13.8. The van der Waals surface area contributed by atoms with Gasteiger partial charge < -0.3 is 14.5 Å². The normalized spacial score (nSPS) is 22.5. The molecule has 1 amide bonds. The van der Waals surface area contributed by atoms with E-state index in [1.807, 2.05) is 0 Å². The first-order valence-electron chi connectivity index (χ1n) is 7.72. The van der Waals surface area contributed by atoms with Gasteiger partial charge in [0.2, 0.25) is 0 Å². The molecule has 0 spiro atoms. The summed E-state index contributed by atoms with van der Waals surface area (Å²) in [5, 5.41) is 0. The predicted molar refractivity (Wildman–Crippen MR) is 85.1 cm³/mol. The molecule has 9 heteroatoms. The van der Waals surface area contributed by atoms with E-state index in [9.17, 15) is 18.0 Å². The molecule has 0 bridgehead atoms. The monoisotopic (exact) mass is 361 g/mol. The number of morpholine rings is 1. The van der Waals surface area contributed by atoms with Crippen molar-refractivity contribution in [2.75, 3.05) is 49.2 Å². The minimum Gasteiger partial charge on any atom is -0.365 e. The summed E-state index contributed by atoms with van der Waals surface area (Å²) in [5.41, 5.74) is -0.928. The van der Waals surface area contributed by atoms with Gasteiger partial charge in [0.05, 0.1) is 13.2 Å². The number of thioether (sulfide) groups is 1. The summed E-state index contributed by atoms with van der Waals surface area (Å²) in [6.07, 6.45) is -5.14. The van der Waals surface area contributed by atoms with E-state index in [-0.39, 0.29) is 24.9 Å². The van der Waals surface area contributed by atoms with E-state index in [1.165, 1.54) is 12.1 Å². The van der Waals surface area contributed by atoms with Crippen molar-refractivity contribution in [2.45, 2.75) is 12.3 Å². The molecule has 0 N–H and O–H groups in total. The van der Waals surface area contributed by atoms with Crippen LogP contribution in [-0.4, -0.2) is 66.2 Å². The van der Waals surface area contributed by atoms with Crippen LogP contribution in [0.4, 0.5) is 19.0 Å². The van der Waals surface area contributed by atoms with Crippen molar-refractivity contribution in [1.29, 1.82) is 0 Å². The number of carbonyl (C=O) groups excluding carboxylic acids is 1. The molecule has 2 aliphatic heterocycles.